The molecular weight excluding hydrogens is 465 g/mol. The Labute approximate surface area is 162 Å². The first-order valence-electron chi connectivity index (χ1n) is 7.43. The van der Waals surface area contributed by atoms with E-state index in [1.807, 2.05) is 0 Å². The summed E-state index contributed by atoms with van der Waals surface area (Å²) in [5.41, 5.74) is -1.26. The van der Waals surface area contributed by atoms with Gasteiger partial charge in [-0.15, -0.1) is 0 Å². The first kappa shape index (κ1) is 23.7. The SMILES string of the molecule is CC1CC(COP(O)(=S)OP(=O)(O)OP(=O)(O)O)OC1n1ccc(=O)[nH]c1=O. The number of aromatic amines is 1. The lowest BCUT2D eigenvalue weighted by Gasteiger charge is -2.21. The number of nitrogens with one attached hydrogen (secondary N) is 1. The summed E-state index contributed by atoms with van der Waals surface area (Å²) < 4.78 is 41.4. The van der Waals surface area contributed by atoms with E-state index in [0.717, 1.165) is 10.6 Å². The normalized spacial score (nSPS) is 27.2. The molecule has 5 N–H and O–H groups in total. The molecule has 28 heavy (non-hydrogen) atoms. The summed E-state index contributed by atoms with van der Waals surface area (Å²) in [5.74, 6) is -0.211. The van der Waals surface area contributed by atoms with Crippen molar-refractivity contribution in [3.8, 4) is 0 Å². The average Bonchev–Trinajstić information content (AvgIpc) is 2.82. The number of nitrogens with zero attached hydrogens (tertiary/aromatic N) is 1. The van der Waals surface area contributed by atoms with Crippen molar-refractivity contribution in [3.63, 3.8) is 0 Å². The number of ether oxygens (including phenoxy) is 1. The minimum absolute atomic E-state index is 0.211. The number of aromatic nitrogens is 2. The van der Waals surface area contributed by atoms with E-state index >= 15 is 0 Å². The molecule has 0 bridgehead atoms. The molecule has 18 heteroatoms. The van der Waals surface area contributed by atoms with Crippen molar-refractivity contribution < 1.29 is 46.6 Å². The van der Waals surface area contributed by atoms with Gasteiger partial charge in [-0.1, -0.05) is 6.92 Å². The monoisotopic (exact) mass is 482 g/mol. The van der Waals surface area contributed by atoms with Crippen molar-refractivity contribution in [3.05, 3.63) is 33.1 Å². The summed E-state index contributed by atoms with van der Waals surface area (Å²) in [6, 6.07) is 1.14. The van der Waals surface area contributed by atoms with Crippen LogP contribution in [0.1, 0.15) is 19.6 Å². The van der Waals surface area contributed by atoms with Crippen molar-refractivity contribution in [1.29, 1.82) is 0 Å². The maximum absolute atomic E-state index is 11.9. The molecular formula is C10H17N2O12P3S. The summed E-state index contributed by atoms with van der Waals surface area (Å²) in [6.07, 6.45) is 0.128. The molecule has 1 saturated heterocycles. The number of H-pyrrole nitrogens is 1. The van der Waals surface area contributed by atoms with E-state index in [1.165, 1.54) is 6.20 Å². The van der Waals surface area contributed by atoms with Gasteiger partial charge in [0.15, 0.2) is 0 Å². The topological polar surface area (TPSA) is 207 Å². The third kappa shape index (κ3) is 7.06. The maximum Gasteiger partial charge on any atom is 0.488 e. The lowest BCUT2D eigenvalue weighted by atomic mass is 10.1. The molecule has 5 atom stereocenters. The Kier molecular flexibility index (Phi) is 7.36. The Balaban J connectivity index is 1.98. The van der Waals surface area contributed by atoms with Crippen molar-refractivity contribution >= 4 is 34.2 Å². The molecule has 0 spiro atoms. The van der Waals surface area contributed by atoms with E-state index < -0.39 is 52.6 Å². The zero-order valence-electron chi connectivity index (χ0n) is 14.1. The molecule has 1 aliphatic rings. The van der Waals surface area contributed by atoms with Crippen LogP contribution in [0.25, 0.3) is 0 Å². The fourth-order valence-corrected chi connectivity index (χ4v) is 6.46. The van der Waals surface area contributed by atoms with Crippen LogP contribution in [0, 0.1) is 5.92 Å². The standard InChI is InChI=1S/C10H17N2O12P3S/c1-6-4-7(22-9(6)12-3-2-8(13)11-10(12)14)5-21-27(20,28)24-26(18,19)23-25(15,16)17/h2-3,6-7,9H,4-5H2,1H3,(H,18,19)(H,20,28)(H,11,13,14)(H2,15,16,17). The second-order valence-corrected chi connectivity index (χ2v) is 11.6. The molecule has 0 amide bonds. The van der Waals surface area contributed by atoms with Gasteiger partial charge in [0.25, 0.3) is 5.56 Å². The highest BCUT2D eigenvalue weighted by atomic mass is 32.5. The van der Waals surface area contributed by atoms with Gasteiger partial charge in [-0.05, 0) is 18.2 Å². The Morgan fingerprint density at radius 2 is 1.93 bits per heavy atom. The fourth-order valence-electron chi connectivity index (χ4n) is 2.47. The number of hydrogen-bond acceptors (Lipinski definition) is 9. The first-order valence-corrected chi connectivity index (χ1v) is 13.0. The van der Waals surface area contributed by atoms with Crippen LogP contribution >= 0.6 is 22.4 Å². The predicted octanol–water partition coefficient (Wildman–Crippen LogP) is -0.0801. The minimum Gasteiger partial charge on any atom is -0.352 e. The lowest BCUT2D eigenvalue weighted by molar-refractivity contribution is -0.0311. The van der Waals surface area contributed by atoms with E-state index in [0.29, 0.717) is 6.42 Å². The van der Waals surface area contributed by atoms with Crippen LogP contribution in [-0.4, -0.2) is 41.8 Å². The molecule has 2 rings (SSSR count). The molecule has 14 nitrogen and oxygen atoms in total. The van der Waals surface area contributed by atoms with E-state index in [9.17, 15) is 28.5 Å². The van der Waals surface area contributed by atoms with Crippen LogP contribution in [0.2, 0.25) is 0 Å². The molecule has 0 radical (unpaired) electrons. The summed E-state index contributed by atoms with van der Waals surface area (Å²) >= 11 is 4.51. The quantitative estimate of drug-likeness (QED) is 0.308. The van der Waals surface area contributed by atoms with E-state index in [1.54, 1.807) is 6.92 Å². The molecule has 1 fully saturated rings. The predicted molar refractivity (Wildman–Crippen MR) is 95.5 cm³/mol. The van der Waals surface area contributed by atoms with Crippen LogP contribution in [0.4, 0.5) is 0 Å². The van der Waals surface area contributed by atoms with E-state index in [2.05, 4.69) is 25.4 Å². The third-order valence-electron chi connectivity index (χ3n) is 3.42. The Hall–Kier alpha value is -0.530. The highest BCUT2D eigenvalue weighted by Gasteiger charge is 2.40. The average molecular weight is 482 g/mol. The van der Waals surface area contributed by atoms with Gasteiger partial charge >= 0.3 is 28.1 Å². The van der Waals surface area contributed by atoms with Crippen LogP contribution in [0.5, 0.6) is 0 Å². The molecule has 0 saturated carbocycles. The highest BCUT2D eigenvalue weighted by Crippen LogP contribution is 2.66. The van der Waals surface area contributed by atoms with E-state index in [-0.39, 0.29) is 5.92 Å². The second kappa shape index (κ2) is 8.68. The van der Waals surface area contributed by atoms with E-state index in [4.69, 9.17) is 19.0 Å². The third-order valence-corrected chi connectivity index (χ3v) is 8.14. The summed E-state index contributed by atoms with van der Waals surface area (Å²) in [4.78, 5) is 61.1. The van der Waals surface area contributed by atoms with Crippen molar-refractivity contribution in [2.75, 3.05) is 6.61 Å². The minimum atomic E-state index is -5.39. The van der Waals surface area contributed by atoms with Gasteiger partial charge in [0.1, 0.15) is 6.23 Å². The molecule has 2 heterocycles. The van der Waals surface area contributed by atoms with Gasteiger partial charge < -0.3 is 28.8 Å². The van der Waals surface area contributed by atoms with Crippen LogP contribution < -0.4 is 11.2 Å². The largest absolute Gasteiger partial charge is 0.488 e. The van der Waals surface area contributed by atoms with Crippen LogP contribution in [-0.2, 0) is 38.8 Å². The van der Waals surface area contributed by atoms with Gasteiger partial charge in [0.2, 0.25) is 0 Å². The maximum atomic E-state index is 11.9. The van der Waals surface area contributed by atoms with Gasteiger partial charge in [0.05, 0.1) is 12.7 Å². The lowest BCUT2D eigenvalue weighted by Crippen LogP contribution is -2.33. The molecule has 0 aliphatic carbocycles. The highest BCUT2D eigenvalue weighted by molar-refractivity contribution is 8.08. The number of phosphoric acid groups is 2. The van der Waals surface area contributed by atoms with Gasteiger partial charge in [-0.2, -0.15) is 4.31 Å². The molecule has 1 aliphatic heterocycles. The van der Waals surface area contributed by atoms with Crippen LogP contribution in [0.15, 0.2) is 21.9 Å². The molecule has 5 unspecified atom stereocenters. The molecule has 1 aromatic heterocycles. The van der Waals surface area contributed by atoms with Gasteiger partial charge in [-0.3, -0.25) is 14.3 Å². The van der Waals surface area contributed by atoms with Gasteiger partial charge in [-0.25, -0.2) is 18.2 Å². The van der Waals surface area contributed by atoms with Crippen LogP contribution in [0.3, 0.4) is 0 Å². The van der Waals surface area contributed by atoms with Crippen molar-refractivity contribution in [2.24, 2.45) is 5.92 Å². The zero-order chi connectivity index (χ0) is 21.3. The summed E-state index contributed by atoms with van der Waals surface area (Å²) in [5, 5.41) is 0. The number of hydrogen-bond donors (Lipinski definition) is 5. The Morgan fingerprint density at radius 3 is 2.50 bits per heavy atom. The molecule has 1 aromatic rings. The zero-order valence-corrected chi connectivity index (χ0v) is 17.6. The van der Waals surface area contributed by atoms with Crippen molar-refractivity contribution in [1.82, 2.24) is 9.55 Å². The Morgan fingerprint density at radius 1 is 1.29 bits per heavy atom. The smallest absolute Gasteiger partial charge is 0.352 e. The Bertz CT molecular complexity index is 971. The fraction of sp³-hybridized carbons (Fsp3) is 0.600. The van der Waals surface area contributed by atoms with Gasteiger partial charge in [0, 0.05) is 18.2 Å². The summed E-state index contributed by atoms with van der Waals surface area (Å²) in [6.45, 7) is -3.08. The number of rotatable bonds is 8. The molecule has 0 aromatic carbocycles. The molecule has 160 valence electrons. The first-order chi connectivity index (χ1) is 12.7. The summed E-state index contributed by atoms with van der Waals surface area (Å²) in [7, 11) is -10.8. The second-order valence-electron chi connectivity index (χ2n) is 5.77. The van der Waals surface area contributed by atoms with Crippen molar-refractivity contribution in [2.45, 2.75) is 25.7 Å².